The lowest BCUT2D eigenvalue weighted by atomic mass is 10.2. The molecule has 0 saturated carbocycles. The molecule has 2 amide bonds. The van der Waals surface area contributed by atoms with Gasteiger partial charge in [-0.05, 0) is 12.8 Å². The second kappa shape index (κ2) is 6.87. The highest BCUT2D eigenvalue weighted by molar-refractivity contribution is 7.99. The van der Waals surface area contributed by atoms with E-state index in [2.05, 4.69) is 0 Å². The van der Waals surface area contributed by atoms with Gasteiger partial charge in [-0.15, -0.1) is 0 Å². The van der Waals surface area contributed by atoms with Crippen LogP contribution in [0.25, 0.3) is 0 Å². The second-order valence-corrected chi connectivity index (χ2v) is 6.22. The first kappa shape index (κ1) is 15.1. The van der Waals surface area contributed by atoms with E-state index in [0.717, 1.165) is 11.5 Å². The number of nitrogens with zero attached hydrogens (tertiary/aromatic N) is 2. The summed E-state index contributed by atoms with van der Waals surface area (Å²) >= 11 is 1.83. The van der Waals surface area contributed by atoms with Gasteiger partial charge in [0.05, 0.1) is 0 Å². The monoisotopic (exact) mass is 274 g/mol. The molecule has 1 aliphatic rings. The zero-order valence-electron chi connectivity index (χ0n) is 11.3. The molecule has 0 spiro atoms. The number of hydrogen-bond donors (Lipinski definition) is 1. The number of hydrogen-bond acceptors (Lipinski definition) is 3. The molecule has 0 radical (unpaired) electrons. The number of carbonyl (C=O) groups is 2. The quantitative estimate of drug-likeness (QED) is 0.845. The van der Waals surface area contributed by atoms with E-state index in [-0.39, 0.29) is 24.5 Å². The Hall–Kier alpha value is -0.910. The Morgan fingerprint density at radius 1 is 1.50 bits per heavy atom. The largest absolute Gasteiger partial charge is 0.480 e. The van der Waals surface area contributed by atoms with Crippen LogP contribution in [0.2, 0.25) is 0 Å². The molecule has 0 aliphatic carbocycles. The average molecular weight is 274 g/mol. The summed E-state index contributed by atoms with van der Waals surface area (Å²) in [5.41, 5.74) is 0. The zero-order chi connectivity index (χ0) is 13.7. The molecule has 1 saturated heterocycles. The van der Waals surface area contributed by atoms with Gasteiger partial charge in [0.2, 0.25) is 0 Å². The maximum Gasteiger partial charge on any atom is 0.323 e. The molecule has 1 heterocycles. The number of rotatable bonds is 4. The van der Waals surface area contributed by atoms with Crippen molar-refractivity contribution in [3.05, 3.63) is 0 Å². The van der Waals surface area contributed by atoms with Gasteiger partial charge in [0.15, 0.2) is 0 Å². The van der Waals surface area contributed by atoms with Gasteiger partial charge < -0.3 is 14.9 Å². The molecule has 1 fully saturated rings. The van der Waals surface area contributed by atoms with Crippen molar-refractivity contribution in [3.63, 3.8) is 0 Å². The smallest absolute Gasteiger partial charge is 0.323 e. The molecule has 1 rings (SSSR count). The molecule has 1 atom stereocenters. The Balaban J connectivity index is 2.70. The molecular weight excluding hydrogens is 252 g/mol. The summed E-state index contributed by atoms with van der Waals surface area (Å²) in [4.78, 5) is 26.4. The van der Waals surface area contributed by atoms with Gasteiger partial charge in [-0.1, -0.05) is 13.8 Å². The van der Waals surface area contributed by atoms with Crippen LogP contribution in [0, 0.1) is 5.92 Å². The number of thioether (sulfide) groups is 1. The fourth-order valence-electron chi connectivity index (χ4n) is 2.01. The summed E-state index contributed by atoms with van der Waals surface area (Å²) in [5, 5.41) is 8.89. The van der Waals surface area contributed by atoms with Gasteiger partial charge in [-0.25, -0.2) is 4.79 Å². The summed E-state index contributed by atoms with van der Waals surface area (Å²) in [5.74, 6) is 1.17. The van der Waals surface area contributed by atoms with E-state index in [0.29, 0.717) is 13.1 Å². The highest BCUT2D eigenvalue weighted by Crippen LogP contribution is 2.18. The van der Waals surface area contributed by atoms with Crippen molar-refractivity contribution < 1.29 is 14.7 Å². The van der Waals surface area contributed by atoms with Gasteiger partial charge >= 0.3 is 12.0 Å². The summed E-state index contributed by atoms with van der Waals surface area (Å²) < 4.78 is 0. The van der Waals surface area contributed by atoms with Crippen LogP contribution in [0.5, 0.6) is 0 Å². The molecule has 0 bridgehead atoms. The van der Waals surface area contributed by atoms with Crippen molar-refractivity contribution in [1.82, 2.24) is 9.80 Å². The highest BCUT2D eigenvalue weighted by Gasteiger charge is 2.28. The molecule has 0 aromatic heterocycles. The normalized spacial score (nSPS) is 20.0. The minimum Gasteiger partial charge on any atom is -0.480 e. The molecular formula is C12H22N2O3S. The van der Waals surface area contributed by atoms with Gasteiger partial charge in [-0.2, -0.15) is 11.8 Å². The molecule has 1 N–H and O–H groups in total. The fraction of sp³-hybridized carbons (Fsp3) is 0.833. The van der Waals surface area contributed by atoms with Crippen LogP contribution in [-0.4, -0.2) is 64.1 Å². The van der Waals surface area contributed by atoms with Crippen molar-refractivity contribution in [2.24, 2.45) is 5.92 Å². The van der Waals surface area contributed by atoms with Crippen LogP contribution < -0.4 is 0 Å². The molecule has 0 aromatic rings. The van der Waals surface area contributed by atoms with E-state index in [4.69, 9.17) is 5.11 Å². The third-order valence-electron chi connectivity index (χ3n) is 2.80. The van der Waals surface area contributed by atoms with Crippen LogP contribution >= 0.6 is 11.8 Å². The van der Waals surface area contributed by atoms with E-state index in [1.54, 1.807) is 4.90 Å². The lowest BCUT2D eigenvalue weighted by Gasteiger charge is -2.37. The Labute approximate surface area is 113 Å². The zero-order valence-corrected chi connectivity index (χ0v) is 12.1. The van der Waals surface area contributed by atoms with E-state index in [9.17, 15) is 9.59 Å². The number of carbonyl (C=O) groups excluding carboxylic acids is 1. The van der Waals surface area contributed by atoms with Crippen molar-refractivity contribution >= 4 is 23.8 Å². The van der Waals surface area contributed by atoms with Crippen molar-refractivity contribution in [1.29, 1.82) is 0 Å². The number of amides is 2. The lowest BCUT2D eigenvalue weighted by Crippen LogP contribution is -2.52. The van der Waals surface area contributed by atoms with E-state index in [1.165, 1.54) is 4.90 Å². The number of carboxylic acid groups (broad SMARTS) is 1. The lowest BCUT2D eigenvalue weighted by molar-refractivity contribution is -0.137. The minimum absolute atomic E-state index is 0.140. The Morgan fingerprint density at radius 2 is 2.17 bits per heavy atom. The van der Waals surface area contributed by atoms with E-state index in [1.807, 2.05) is 32.5 Å². The Morgan fingerprint density at radius 3 is 2.67 bits per heavy atom. The van der Waals surface area contributed by atoms with Gasteiger partial charge in [-0.3, -0.25) is 4.79 Å². The number of urea groups is 1. The molecule has 104 valence electrons. The molecule has 18 heavy (non-hydrogen) atoms. The maximum absolute atomic E-state index is 12.4. The first-order valence-electron chi connectivity index (χ1n) is 6.27. The number of carboxylic acids is 1. The third kappa shape index (κ3) is 4.40. The highest BCUT2D eigenvalue weighted by atomic mass is 32.2. The standard InChI is InChI=1S/C12H22N2O3S/c1-9(2)6-13(7-11(15)16)12(17)14-4-5-18-8-10(14)3/h9-10H,4-8H2,1-3H3,(H,15,16). The van der Waals surface area contributed by atoms with Crippen LogP contribution in [0.3, 0.4) is 0 Å². The van der Waals surface area contributed by atoms with E-state index >= 15 is 0 Å². The van der Waals surface area contributed by atoms with Crippen LogP contribution in [0.1, 0.15) is 20.8 Å². The van der Waals surface area contributed by atoms with Crippen LogP contribution in [0.15, 0.2) is 0 Å². The van der Waals surface area contributed by atoms with Crippen molar-refractivity contribution in [2.45, 2.75) is 26.8 Å². The van der Waals surface area contributed by atoms with Crippen LogP contribution in [0.4, 0.5) is 4.79 Å². The van der Waals surface area contributed by atoms with Gasteiger partial charge in [0.25, 0.3) is 0 Å². The first-order chi connectivity index (χ1) is 8.41. The second-order valence-electron chi connectivity index (χ2n) is 5.07. The molecule has 1 unspecified atom stereocenters. The summed E-state index contributed by atoms with van der Waals surface area (Å²) in [6.07, 6.45) is 0. The number of aliphatic carboxylic acids is 1. The maximum atomic E-state index is 12.4. The van der Waals surface area contributed by atoms with Crippen molar-refractivity contribution in [3.8, 4) is 0 Å². The fourth-order valence-corrected chi connectivity index (χ4v) is 3.02. The first-order valence-corrected chi connectivity index (χ1v) is 7.42. The van der Waals surface area contributed by atoms with Crippen molar-refractivity contribution in [2.75, 3.05) is 31.1 Å². The molecule has 1 aliphatic heterocycles. The molecule has 0 aromatic carbocycles. The van der Waals surface area contributed by atoms with Gasteiger partial charge in [0, 0.05) is 30.6 Å². The third-order valence-corrected chi connectivity index (χ3v) is 3.98. The Bertz CT molecular complexity index is 310. The summed E-state index contributed by atoms with van der Waals surface area (Å²) in [6.45, 7) is 6.96. The predicted octanol–water partition coefficient (Wildman–Crippen LogP) is 1.59. The SMILES string of the molecule is CC(C)CN(CC(=O)O)C(=O)N1CCSCC1C. The Kier molecular flexibility index (Phi) is 5.78. The topological polar surface area (TPSA) is 60.9 Å². The summed E-state index contributed by atoms with van der Waals surface area (Å²) in [7, 11) is 0. The van der Waals surface area contributed by atoms with E-state index < -0.39 is 5.97 Å². The molecule has 6 heteroatoms. The van der Waals surface area contributed by atoms with Gasteiger partial charge in [0.1, 0.15) is 6.54 Å². The average Bonchev–Trinajstić information content (AvgIpc) is 2.26. The molecule has 5 nitrogen and oxygen atoms in total. The summed E-state index contributed by atoms with van der Waals surface area (Å²) in [6, 6.07) is 0.0404. The predicted molar refractivity (Wildman–Crippen MR) is 72.9 cm³/mol. The van der Waals surface area contributed by atoms with Crippen LogP contribution in [-0.2, 0) is 4.79 Å². The minimum atomic E-state index is -0.956.